The van der Waals surface area contributed by atoms with Crippen molar-refractivity contribution >= 4 is 16.9 Å². The lowest BCUT2D eigenvalue weighted by Gasteiger charge is -2.32. The Balaban J connectivity index is 2.13. The van der Waals surface area contributed by atoms with Gasteiger partial charge in [-0.05, 0) is 38.0 Å². The summed E-state index contributed by atoms with van der Waals surface area (Å²) in [5.74, 6) is 0.363. The normalized spacial score (nSPS) is 16.8. The summed E-state index contributed by atoms with van der Waals surface area (Å²) >= 11 is 0. The molecule has 1 fully saturated rings. The molecular weight excluding hydrogens is 318 g/mol. The number of carbonyl (C=O) groups is 1. The van der Waals surface area contributed by atoms with Gasteiger partial charge in [0.2, 0.25) is 0 Å². The Hall–Kier alpha value is -2.01. The average Bonchev–Trinajstić information content (AvgIpc) is 2.87. The summed E-state index contributed by atoms with van der Waals surface area (Å²) < 4.78 is 12.6. The Labute approximate surface area is 148 Å². The smallest absolute Gasteiger partial charge is 0.340 e. The maximum atomic E-state index is 12.7. The summed E-state index contributed by atoms with van der Waals surface area (Å²) in [6, 6.07) is 5.71. The van der Waals surface area contributed by atoms with Gasteiger partial charge in [-0.15, -0.1) is 0 Å². The zero-order valence-corrected chi connectivity index (χ0v) is 15.3. The Morgan fingerprint density at radius 2 is 2.00 bits per heavy atom. The molecule has 2 aromatic rings. The van der Waals surface area contributed by atoms with Crippen molar-refractivity contribution in [3.05, 3.63) is 29.5 Å². The van der Waals surface area contributed by atoms with Crippen molar-refractivity contribution in [1.29, 1.82) is 0 Å². The van der Waals surface area contributed by atoms with Gasteiger partial charge in [-0.1, -0.05) is 19.3 Å². The highest BCUT2D eigenvalue weighted by Gasteiger charge is 2.33. The van der Waals surface area contributed by atoms with Gasteiger partial charge in [0.25, 0.3) is 0 Å². The van der Waals surface area contributed by atoms with Crippen LogP contribution in [0.2, 0.25) is 0 Å². The lowest BCUT2D eigenvalue weighted by Crippen LogP contribution is -2.35. The monoisotopic (exact) mass is 345 g/mol. The van der Waals surface area contributed by atoms with Gasteiger partial charge in [-0.25, -0.2) is 4.79 Å². The van der Waals surface area contributed by atoms with Crippen molar-refractivity contribution in [3.63, 3.8) is 0 Å². The van der Waals surface area contributed by atoms with Crippen LogP contribution in [0.1, 0.15) is 55.1 Å². The van der Waals surface area contributed by atoms with Gasteiger partial charge < -0.3 is 19.1 Å². The summed E-state index contributed by atoms with van der Waals surface area (Å²) in [6.45, 7) is 2.13. The van der Waals surface area contributed by atoms with E-state index in [0.717, 1.165) is 42.3 Å². The topological polar surface area (TPSA) is 60.7 Å². The SMILES string of the molecule is CCOC(=O)c1c(CC2(O)CCCCC2)n(C)c2ccc(OC)cc12. The number of carbonyl (C=O) groups excluding carboxylic acids is 1. The molecule has 1 aliphatic carbocycles. The van der Waals surface area contributed by atoms with E-state index in [-0.39, 0.29) is 5.97 Å². The van der Waals surface area contributed by atoms with E-state index in [0.29, 0.717) is 24.3 Å². The van der Waals surface area contributed by atoms with Gasteiger partial charge in [0, 0.05) is 30.1 Å². The molecule has 1 aromatic carbocycles. The zero-order chi connectivity index (χ0) is 18.0. The maximum absolute atomic E-state index is 12.7. The fourth-order valence-electron chi connectivity index (χ4n) is 3.94. The van der Waals surface area contributed by atoms with E-state index in [1.165, 1.54) is 6.42 Å². The fourth-order valence-corrected chi connectivity index (χ4v) is 3.94. The first-order valence-corrected chi connectivity index (χ1v) is 9.04. The molecular formula is C20H27NO4. The molecule has 0 saturated heterocycles. The van der Waals surface area contributed by atoms with Crippen LogP contribution in [-0.2, 0) is 18.2 Å². The minimum Gasteiger partial charge on any atom is -0.497 e. The Bertz CT molecular complexity index is 772. The molecule has 1 N–H and O–H groups in total. The summed E-state index contributed by atoms with van der Waals surface area (Å²) in [6.07, 6.45) is 5.25. The highest BCUT2D eigenvalue weighted by atomic mass is 16.5. The first-order valence-electron chi connectivity index (χ1n) is 9.04. The van der Waals surface area contributed by atoms with Crippen molar-refractivity contribution in [2.75, 3.05) is 13.7 Å². The van der Waals surface area contributed by atoms with Gasteiger partial charge >= 0.3 is 5.97 Å². The van der Waals surface area contributed by atoms with Gasteiger partial charge in [0.15, 0.2) is 0 Å². The summed E-state index contributed by atoms with van der Waals surface area (Å²) in [4.78, 5) is 12.7. The number of aliphatic hydroxyl groups is 1. The molecule has 1 aliphatic rings. The maximum Gasteiger partial charge on any atom is 0.340 e. The molecule has 0 bridgehead atoms. The number of aromatic nitrogens is 1. The van der Waals surface area contributed by atoms with Crippen LogP contribution in [0.5, 0.6) is 5.75 Å². The van der Waals surface area contributed by atoms with Crippen molar-refractivity contribution in [3.8, 4) is 5.75 Å². The highest BCUT2D eigenvalue weighted by molar-refractivity contribution is 6.06. The molecule has 0 unspecified atom stereocenters. The number of methoxy groups -OCH3 is 1. The zero-order valence-electron chi connectivity index (χ0n) is 15.3. The summed E-state index contributed by atoms with van der Waals surface area (Å²) in [5.41, 5.74) is 1.59. The number of ether oxygens (including phenoxy) is 2. The van der Waals surface area contributed by atoms with Crippen molar-refractivity contribution in [1.82, 2.24) is 4.57 Å². The van der Waals surface area contributed by atoms with E-state index >= 15 is 0 Å². The van der Waals surface area contributed by atoms with E-state index in [1.54, 1.807) is 14.0 Å². The van der Waals surface area contributed by atoms with Crippen molar-refractivity contribution in [2.24, 2.45) is 7.05 Å². The first-order chi connectivity index (χ1) is 12.0. The molecule has 0 radical (unpaired) electrons. The van der Waals surface area contributed by atoms with E-state index in [2.05, 4.69) is 0 Å². The molecule has 3 rings (SSSR count). The molecule has 0 aliphatic heterocycles. The molecule has 5 heteroatoms. The molecule has 0 atom stereocenters. The van der Waals surface area contributed by atoms with E-state index in [1.807, 2.05) is 29.8 Å². The number of rotatable bonds is 5. The largest absolute Gasteiger partial charge is 0.497 e. The van der Waals surface area contributed by atoms with Crippen molar-refractivity contribution in [2.45, 2.75) is 51.0 Å². The molecule has 1 aromatic heterocycles. The second-order valence-electron chi connectivity index (χ2n) is 6.95. The van der Waals surface area contributed by atoms with Crippen LogP contribution in [0.25, 0.3) is 10.9 Å². The minimum absolute atomic E-state index is 0.322. The third-order valence-electron chi connectivity index (χ3n) is 5.29. The molecule has 5 nitrogen and oxygen atoms in total. The number of aryl methyl sites for hydroxylation is 1. The molecule has 1 heterocycles. The standard InChI is InChI=1S/C20H27NO4/c1-4-25-19(22)18-15-12-14(24-3)8-9-16(15)21(2)17(18)13-20(23)10-6-5-7-11-20/h8-9,12,23H,4-7,10-11,13H2,1-3H3. The van der Waals surface area contributed by atoms with E-state index in [4.69, 9.17) is 9.47 Å². The quantitative estimate of drug-likeness (QED) is 0.841. The highest BCUT2D eigenvalue weighted by Crippen LogP contribution is 2.36. The number of nitrogens with zero attached hydrogens (tertiary/aromatic N) is 1. The third-order valence-corrected chi connectivity index (χ3v) is 5.29. The first kappa shape index (κ1) is 17.8. The Morgan fingerprint density at radius 1 is 1.28 bits per heavy atom. The predicted molar refractivity (Wildman–Crippen MR) is 97.2 cm³/mol. The van der Waals surface area contributed by atoms with Crippen LogP contribution < -0.4 is 4.74 Å². The van der Waals surface area contributed by atoms with E-state index in [9.17, 15) is 9.90 Å². The Morgan fingerprint density at radius 3 is 2.64 bits per heavy atom. The molecule has 0 amide bonds. The van der Waals surface area contributed by atoms with Crippen LogP contribution in [0.3, 0.4) is 0 Å². The number of esters is 1. The average molecular weight is 345 g/mol. The molecule has 136 valence electrons. The van der Waals surface area contributed by atoms with Gasteiger partial charge in [0.05, 0.1) is 24.9 Å². The number of hydrogen-bond donors (Lipinski definition) is 1. The second-order valence-corrected chi connectivity index (χ2v) is 6.95. The van der Waals surface area contributed by atoms with Crippen LogP contribution in [-0.4, -0.2) is 35.0 Å². The number of fused-ring (bicyclic) bond motifs is 1. The van der Waals surface area contributed by atoms with E-state index < -0.39 is 5.60 Å². The van der Waals surface area contributed by atoms with Gasteiger partial charge in [0.1, 0.15) is 5.75 Å². The number of benzene rings is 1. The molecule has 1 saturated carbocycles. The van der Waals surface area contributed by atoms with Crippen molar-refractivity contribution < 1.29 is 19.4 Å². The third kappa shape index (κ3) is 3.38. The van der Waals surface area contributed by atoms with Crippen LogP contribution in [0.15, 0.2) is 18.2 Å². The predicted octanol–water partition coefficient (Wildman–Crippen LogP) is 3.60. The summed E-state index contributed by atoms with van der Waals surface area (Å²) in [7, 11) is 3.55. The van der Waals surface area contributed by atoms with Crippen LogP contribution in [0, 0.1) is 0 Å². The lowest BCUT2D eigenvalue weighted by atomic mass is 9.81. The summed E-state index contributed by atoms with van der Waals surface area (Å²) in [5, 5.41) is 11.8. The lowest BCUT2D eigenvalue weighted by molar-refractivity contribution is 0.00291. The second kappa shape index (κ2) is 7.08. The molecule has 25 heavy (non-hydrogen) atoms. The number of hydrogen-bond acceptors (Lipinski definition) is 4. The van der Waals surface area contributed by atoms with Gasteiger partial charge in [-0.3, -0.25) is 0 Å². The Kier molecular flexibility index (Phi) is 5.04. The minimum atomic E-state index is -0.744. The molecule has 0 spiro atoms. The van der Waals surface area contributed by atoms with Crippen LogP contribution >= 0.6 is 0 Å². The fraction of sp³-hybridized carbons (Fsp3) is 0.550. The van der Waals surface area contributed by atoms with Gasteiger partial charge in [-0.2, -0.15) is 0 Å². The van der Waals surface area contributed by atoms with Crippen LogP contribution in [0.4, 0.5) is 0 Å².